The number of amides is 2. The van der Waals surface area contributed by atoms with Gasteiger partial charge in [-0.15, -0.1) is 0 Å². The van der Waals surface area contributed by atoms with Crippen LogP contribution >= 0.6 is 11.6 Å². The number of aryl methyl sites for hydroxylation is 1. The zero-order chi connectivity index (χ0) is 34.6. The topological polar surface area (TPSA) is 120 Å². The molecule has 2 amide bonds. The number of benzene rings is 3. The Balaban J connectivity index is 0.00000338. The molecule has 3 N–H and O–H groups in total. The molecule has 0 spiro atoms. The summed E-state index contributed by atoms with van der Waals surface area (Å²) in [5.74, 6) is 1.71. The third kappa shape index (κ3) is 9.77. The average Bonchev–Trinajstić information content (AvgIpc) is 3.48. The summed E-state index contributed by atoms with van der Waals surface area (Å²) in [5.41, 5.74) is 4.97. The first-order chi connectivity index (χ1) is 22.8. The Hall–Kier alpha value is -3.65. The molecule has 0 bridgehead atoms. The summed E-state index contributed by atoms with van der Waals surface area (Å²) in [6.45, 7) is 10.6. The van der Waals surface area contributed by atoms with Crippen molar-refractivity contribution in [1.82, 2.24) is 19.7 Å². The third-order valence-electron chi connectivity index (χ3n) is 8.01. The van der Waals surface area contributed by atoms with Gasteiger partial charge in [-0.1, -0.05) is 62.7 Å². The van der Waals surface area contributed by atoms with E-state index in [4.69, 9.17) is 26.2 Å². The minimum Gasteiger partial charge on any atom is -1.00 e. The summed E-state index contributed by atoms with van der Waals surface area (Å²) in [6, 6.07) is 23.0. The van der Waals surface area contributed by atoms with Gasteiger partial charge in [0, 0.05) is 23.7 Å². The number of ether oxygens (including phenoxy) is 2. The Morgan fingerprint density at radius 2 is 1.64 bits per heavy atom. The SMILES string of the molecule is COc1ccc(Cn2c(C)cc(OCc3ccccc3CNC(=O)Nc3cc(C(C)(C)C)nn3-c3ccc(O)cc3)c(C)c2=O)cc1Cl.[F-].[K+]. The van der Waals surface area contributed by atoms with E-state index in [-0.39, 0.29) is 86.0 Å². The van der Waals surface area contributed by atoms with Crippen LogP contribution < -0.4 is 81.8 Å². The molecule has 0 radical (unpaired) electrons. The van der Waals surface area contributed by atoms with Crippen molar-refractivity contribution in [2.24, 2.45) is 0 Å². The first-order valence-corrected chi connectivity index (χ1v) is 15.9. The van der Waals surface area contributed by atoms with E-state index in [1.807, 2.05) is 70.2 Å². The number of phenols is 1. The van der Waals surface area contributed by atoms with Crippen molar-refractivity contribution in [3.63, 3.8) is 0 Å². The molecule has 258 valence electrons. The van der Waals surface area contributed by atoms with Gasteiger partial charge in [0.2, 0.25) is 0 Å². The molecule has 5 rings (SSSR count). The first kappa shape index (κ1) is 40.8. The normalized spacial score (nSPS) is 10.9. The van der Waals surface area contributed by atoms with Gasteiger partial charge in [0.15, 0.2) is 0 Å². The largest absolute Gasteiger partial charge is 1.00 e. The van der Waals surface area contributed by atoms with Gasteiger partial charge in [0.25, 0.3) is 5.56 Å². The number of carbonyl (C=O) groups is 1. The first-order valence-electron chi connectivity index (χ1n) is 15.5. The fourth-order valence-corrected chi connectivity index (χ4v) is 5.45. The number of phenolic OH excluding ortho intramolecular Hbond substituents is 1. The second-order valence-corrected chi connectivity index (χ2v) is 13.0. The molecule has 0 saturated heterocycles. The summed E-state index contributed by atoms with van der Waals surface area (Å²) < 4.78 is 14.8. The molecule has 2 aromatic heterocycles. The summed E-state index contributed by atoms with van der Waals surface area (Å²) in [5, 5.41) is 20.8. The molecule has 0 aliphatic carbocycles. The molecule has 0 atom stereocenters. The van der Waals surface area contributed by atoms with Crippen molar-refractivity contribution in [2.75, 3.05) is 12.4 Å². The van der Waals surface area contributed by atoms with E-state index < -0.39 is 6.03 Å². The molecular formula is C37H40ClFKN5O5. The van der Waals surface area contributed by atoms with Crippen LogP contribution in [0.3, 0.4) is 0 Å². The zero-order valence-electron chi connectivity index (χ0n) is 29.3. The maximum absolute atomic E-state index is 13.4. The number of hydrogen-bond donors (Lipinski definition) is 3. The molecule has 2 heterocycles. The standard InChI is InChI=1S/C37H40ClN5O5.FH.K/c1-23-17-32(24(2)35(45)42(23)21-25-11-16-31(47-6)30(38)18-25)48-22-27-10-8-7-9-26(27)20-39-36(46)40-34-19-33(37(3,4)5)41-43(34)28-12-14-29(44)15-13-28;;/h7-19,44H,20-22H2,1-6H3,(H2,39,40,46);1H;/q;;+1/p-1. The van der Waals surface area contributed by atoms with E-state index in [1.54, 1.807) is 59.7 Å². The van der Waals surface area contributed by atoms with Crippen molar-refractivity contribution in [3.8, 4) is 22.9 Å². The predicted octanol–water partition coefficient (Wildman–Crippen LogP) is 1.27. The quantitative estimate of drug-likeness (QED) is 0.187. The molecule has 0 aliphatic heterocycles. The van der Waals surface area contributed by atoms with E-state index in [0.717, 1.165) is 28.1 Å². The van der Waals surface area contributed by atoms with Gasteiger partial charge in [-0.05, 0) is 73.0 Å². The number of nitrogens with zero attached hydrogens (tertiary/aromatic N) is 3. The van der Waals surface area contributed by atoms with Crippen LogP contribution in [0.25, 0.3) is 5.69 Å². The number of carbonyl (C=O) groups excluding carboxylic acids is 1. The van der Waals surface area contributed by atoms with Crippen molar-refractivity contribution in [3.05, 3.63) is 128 Å². The summed E-state index contributed by atoms with van der Waals surface area (Å²) >= 11 is 6.30. The second kappa shape index (κ2) is 17.5. The Bertz CT molecular complexity index is 2010. The van der Waals surface area contributed by atoms with Gasteiger partial charge in [0.05, 0.1) is 35.6 Å². The minimum atomic E-state index is -0.403. The van der Waals surface area contributed by atoms with Crippen LogP contribution in [0.2, 0.25) is 5.02 Å². The molecule has 0 aliphatic rings. The van der Waals surface area contributed by atoms with Gasteiger partial charge in [0.1, 0.15) is 29.7 Å². The fourth-order valence-electron chi connectivity index (χ4n) is 5.17. The number of methoxy groups -OCH3 is 1. The Morgan fingerprint density at radius 3 is 2.28 bits per heavy atom. The number of pyridine rings is 1. The zero-order valence-corrected chi connectivity index (χ0v) is 33.2. The van der Waals surface area contributed by atoms with E-state index in [2.05, 4.69) is 10.6 Å². The average molecular weight is 728 g/mol. The Kier molecular flexibility index (Phi) is 14.3. The van der Waals surface area contributed by atoms with Crippen LogP contribution in [0.15, 0.2) is 83.7 Å². The van der Waals surface area contributed by atoms with E-state index in [0.29, 0.717) is 40.1 Å². The maximum atomic E-state index is 13.4. The molecule has 5 aromatic rings. The van der Waals surface area contributed by atoms with Crippen LogP contribution in [-0.4, -0.2) is 32.6 Å². The van der Waals surface area contributed by atoms with Crippen molar-refractivity contribution in [1.29, 1.82) is 0 Å². The van der Waals surface area contributed by atoms with Crippen LogP contribution in [0.1, 0.15) is 54.4 Å². The number of aromatic nitrogens is 3. The minimum absolute atomic E-state index is 0. The smallest absolute Gasteiger partial charge is 1.00 e. The number of hydrogen-bond acceptors (Lipinski definition) is 6. The molecule has 50 heavy (non-hydrogen) atoms. The number of aromatic hydroxyl groups is 1. The number of anilines is 1. The van der Waals surface area contributed by atoms with Crippen molar-refractivity contribution >= 4 is 23.4 Å². The number of rotatable bonds is 10. The van der Waals surface area contributed by atoms with E-state index >= 15 is 0 Å². The Labute approximate surface area is 338 Å². The molecule has 0 saturated carbocycles. The Morgan fingerprint density at radius 1 is 0.960 bits per heavy atom. The summed E-state index contributed by atoms with van der Waals surface area (Å²) in [4.78, 5) is 26.5. The number of halogens is 2. The number of urea groups is 1. The van der Waals surface area contributed by atoms with Crippen LogP contribution in [0.5, 0.6) is 17.2 Å². The van der Waals surface area contributed by atoms with Crippen LogP contribution in [0, 0.1) is 13.8 Å². The molecule has 3 aromatic carbocycles. The molecule has 10 nitrogen and oxygen atoms in total. The van der Waals surface area contributed by atoms with Gasteiger partial charge in [-0.2, -0.15) is 5.10 Å². The molecule has 13 heteroatoms. The monoisotopic (exact) mass is 727 g/mol. The summed E-state index contributed by atoms with van der Waals surface area (Å²) in [7, 11) is 1.56. The van der Waals surface area contributed by atoms with E-state index in [9.17, 15) is 14.7 Å². The molecular weight excluding hydrogens is 688 g/mol. The maximum Gasteiger partial charge on any atom is 1.00 e. The third-order valence-corrected chi connectivity index (χ3v) is 8.31. The van der Waals surface area contributed by atoms with Gasteiger partial charge < -0.3 is 29.2 Å². The van der Waals surface area contributed by atoms with Gasteiger partial charge >= 0.3 is 57.4 Å². The van der Waals surface area contributed by atoms with Crippen molar-refractivity contribution in [2.45, 2.75) is 59.7 Å². The van der Waals surface area contributed by atoms with Crippen molar-refractivity contribution < 1.29 is 75.5 Å². The number of nitrogens with one attached hydrogen (secondary N) is 2. The van der Waals surface area contributed by atoms with Gasteiger partial charge in [-0.25, -0.2) is 9.48 Å². The van der Waals surface area contributed by atoms with E-state index in [1.165, 1.54) is 0 Å². The second-order valence-electron chi connectivity index (χ2n) is 12.6. The van der Waals surface area contributed by atoms with Crippen LogP contribution in [-0.2, 0) is 25.1 Å². The van der Waals surface area contributed by atoms with Gasteiger partial charge in [-0.3, -0.25) is 10.1 Å². The predicted molar refractivity (Wildman–Crippen MR) is 188 cm³/mol. The molecule has 0 fully saturated rings. The molecule has 0 unspecified atom stereocenters. The van der Waals surface area contributed by atoms with Crippen LogP contribution in [0.4, 0.5) is 10.6 Å². The summed E-state index contributed by atoms with van der Waals surface area (Å²) in [6.07, 6.45) is 0. The fraction of sp³-hybridized carbons (Fsp3) is 0.270.